The standard InChI is InChI=1S/C24H28N4O4/c1-17-5-4-6-18(2)24(17)26-22(29)15-27-9-11-28(12-10-27)23(30)16-32-20-8-7-19(14-25)13-21(20)31-3/h4-8,13H,9-12,15-16H2,1-3H3,(H,26,29). The Bertz CT molecular complexity index is 1000. The lowest BCUT2D eigenvalue weighted by atomic mass is 10.1. The van der Waals surface area contributed by atoms with Gasteiger partial charge < -0.3 is 19.7 Å². The summed E-state index contributed by atoms with van der Waals surface area (Å²) in [4.78, 5) is 28.8. The van der Waals surface area contributed by atoms with E-state index in [0.29, 0.717) is 43.2 Å². The van der Waals surface area contributed by atoms with Crippen LogP contribution in [-0.4, -0.2) is 68.1 Å². The summed E-state index contributed by atoms with van der Waals surface area (Å²) < 4.78 is 10.8. The van der Waals surface area contributed by atoms with E-state index in [1.165, 1.54) is 7.11 Å². The monoisotopic (exact) mass is 436 g/mol. The van der Waals surface area contributed by atoms with E-state index < -0.39 is 0 Å². The maximum atomic E-state index is 12.5. The number of para-hydroxylation sites is 1. The molecule has 1 fully saturated rings. The minimum absolute atomic E-state index is 0.0570. The van der Waals surface area contributed by atoms with Gasteiger partial charge in [-0.15, -0.1) is 0 Å². The molecule has 0 aromatic heterocycles. The van der Waals surface area contributed by atoms with Gasteiger partial charge in [-0.05, 0) is 37.1 Å². The quantitative estimate of drug-likeness (QED) is 0.716. The molecule has 168 valence electrons. The number of nitrogens with zero attached hydrogens (tertiary/aromatic N) is 3. The van der Waals surface area contributed by atoms with Crippen LogP contribution in [0.5, 0.6) is 11.5 Å². The zero-order valence-corrected chi connectivity index (χ0v) is 18.7. The molecule has 8 heteroatoms. The fourth-order valence-corrected chi connectivity index (χ4v) is 3.64. The van der Waals surface area contributed by atoms with Gasteiger partial charge in [0.25, 0.3) is 5.91 Å². The van der Waals surface area contributed by atoms with Crippen LogP contribution in [-0.2, 0) is 9.59 Å². The number of anilines is 1. The number of piperazine rings is 1. The summed E-state index contributed by atoms with van der Waals surface area (Å²) in [5, 5.41) is 12.0. The molecule has 1 aliphatic heterocycles. The number of benzene rings is 2. The first-order valence-electron chi connectivity index (χ1n) is 10.5. The molecule has 8 nitrogen and oxygen atoms in total. The third-order valence-corrected chi connectivity index (χ3v) is 5.48. The Morgan fingerprint density at radius 1 is 1.06 bits per heavy atom. The molecule has 1 N–H and O–H groups in total. The minimum atomic E-state index is -0.129. The van der Waals surface area contributed by atoms with Gasteiger partial charge in [0, 0.05) is 37.9 Å². The van der Waals surface area contributed by atoms with E-state index >= 15 is 0 Å². The molecule has 0 aliphatic carbocycles. The van der Waals surface area contributed by atoms with E-state index in [4.69, 9.17) is 14.7 Å². The second kappa shape index (κ2) is 10.6. The number of aryl methyl sites for hydroxylation is 2. The molecular formula is C24H28N4O4. The predicted molar refractivity (Wildman–Crippen MR) is 121 cm³/mol. The van der Waals surface area contributed by atoms with E-state index in [2.05, 4.69) is 5.32 Å². The number of carbonyl (C=O) groups is 2. The Labute approximate surface area is 188 Å². The summed E-state index contributed by atoms with van der Waals surface area (Å²) in [6.45, 7) is 6.42. The Balaban J connectivity index is 1.46. The predicted octanol–water partition coefficient (Wildman–Crippen LogP) is 2.35. The van der Waals surface area contributed by atoms with Gasteiger partial charge in [-0.25, -0.2) is 0 Å². The van der Waals surface area contributed by atoms with Gasteiger partial charge in [-0.2, -0.15) is 5.26 Å². The van der Waals surface area contributed by atoms with Crippen molar-refractivity contribution in [2.45, 2.75) is 13.8 Å². The van der Waals surface area contributed by atoms with Crippen molar-refractivity contribution in [1.82, 2.24) is 9.80 Å². The zero-order valence-electron chi connectivity index (χ0n) is 18.7. The number of nitriles is 1. The van der Waals surface area contributed by atoms with Crippen molar-refractivity contribution in [2.75, 3.05) is 51.8 Å². The van der Waals surface area contributed by atoms with Crippen molar-refractivity contribution < 1.29 is 19.1 Å². The van der Waals surface area contributed by atoms with Crippen LogP contribution in [0.2, 0.25) is 0 Å². The highest BCUT2D eigenvalue weighted by Crippen LogP contribution is 2.27. The van der Waals surface area contributed by atoms with E-state index in [9.17, 15) is 9.59 Å². The van der Waals surface area contributed by atoms with Gasteiger partial charge in [-0.1, -0.05) is 18.2 Å². The maximum Gasteiger partial charge on any atom is 0.260 e. The van der Waals surface area contributed by atoms with Gasteiger partial charge in [0.1, 0.15) is 0 Å². The van der Waals surface area contributed by atoms with E-state index in [1.54, 1.807) is 23.1 Å². The van der Waals surface area contributed by atoms with Crippen molar-refractivity contribution in [3.8, 4) is 17.6 Å². The highest BCUT2D eigenvalue weighted by Gasteiger charge is 2.23. The number of carbonyl (C=O) groups excluding carboxylic acids is 2. The molecule has 0 atom stereocenters. The maximum absolute atomic E-state index is 12.5. The molecule has 0 bridgehead atoms. The molecule has 1 aliphatic rings. The largest absolute Gasteiger partial charge is 0.493 e. The fraction of sp³-hybridized carbons (Fsp3) is 0.375. The number of hydrogen-bond acceptors (Lipinski definition) is 6. The number of hydrogen-bond donors (Lipinski definition) is 1. The van der Waals surface area contributed by atoms with Crippen LogP contribution >= 0.6 is 0 Å². The van der Waals surface area contributed by atoms with E-state index in [0.717, 1.165) is 16.8 Å². The van der Waals surface area contributed by atoms with Crippen LogP contribution in [0.15, 0.2) is 36.4 Å². The topological polar surface area (TPSA) is 94.9 Å². The molecule has 0 saturated carbocycles. The molecular weight excluding hydrogens is 408 g/mol. The van der Waals surface area contributed by atoms with E-state index in [1.807, 2.05) is 43.0 Å². The molecule has 3 rings (SSSR count). The number of methoxy groups -OCH3 is 1. The zero-order chi connectivity index (χ0) is 23.1. The third-order valence-electron chi connectivity index (χ3n) is 5.48. The Morgan fingerprint density at radius 3 is 2.38 bits per heavy atom. The Kier molecular flexibility index (Phi) is 7.68. The molecule has 32 heavy (non-hydrogen) atoms. The van der Waals surface area contributed by atoms with Crippen molar-refractivity contribution in [3.05, 3.63) is 53.1 Å². The molecule has 1 saturated heterocycles. The normalized spacial score (nSPS) is 13.9. The second-order valence-corrected chi connectivity index (χ2v) is 7.74. The summed E-state index contributed by atoms with van der Waals surface area (Å²) in [7, 11) is 1.49. The molecule has 2 aromatic rings. The smallest absolute Gasteiger partial charge is 0.260 e. The van der Waals surface area contributed by atoms with Crippen molar-refractivity contribution in [3.63, 3.8) is 0 Å². The van der Waals surface area contributed by atoms with Crippen molar-refractivity contribution >= 4 is 17.5 Å². The molecule has 0 radical (unpaired) electrons. The van der Waals surface area contributed by atoms with Crippen LogP contribution in [0.4, 0.5) is 5.69 Å². The Morgan fingerprint density at radius 2 is 1.75 bits per heavy atom. The summed E-state index contributed by atoms with van der Waals surface area (Å²) in [6.07, 6.45) is 0. The molecule has 0 spiro atoms. The first-order valence-corrected chi connectivity index (χ1v) is 10.5. The van der Waals surface area contributed by atoms with Crippen LogP contribution < -0.4 is 14.8 Å². The summed E-state index contributed by atoms with van der Waals surface area (Å²) in [5.74, 6) is 0.646. The first kappa shape index (κ1) is 23.1. The number of ether oxygens (including phenoxy) is 2. The SMILES string of the molecule is COc1cc(C#N)ccc1OCC(=O)N1CCN(CC(=O)Nc2c(C)cccc2C)CC1. The molecule has 1 heterocycles. The lowest BCUT2D eigenvalue weighted by Gasteiger charge is -2.34. The summed E-state index contributed by atoms with van der Waals surface area (Å²) in [5.41, 5.74) is 3.39. The lowest BCUT2D eigenvalue weighted by Crippen LogP contribution is -2.51. The minimum Gasteiger partial charge on any atom is -0.493 e. The average molecular weight is 437 g/mol. The van der Waals surface area contributed by atoms with Crippen LogP contribution in [0.3, 0.4) is 0 Å². The summed E-state index contributed by atoms with van der Waals surface area (Å²) >= 11 is 0. The molecule has 2 aromatic carbocycles. The van der Waals surface area contributed by atoms with Crippen LogP contribution in [0.25, 0.3) is 0 Å². The Hall–Kier alpha value is -3.57. The second-order valence-electron chi connectivity index (χ2n) is 7.74. The lowest BCUT2D eigenvalue weighted by molar-refractivity contribution is -0.135. The van der Waals surface area contributed by atoms with Crippen molar-refractivity contribution in [1.29, 1.82) is 5.26 Å². The molecule has 0 unspecified atom stereocenters. The van der Waals surface area contributed by atoms with Gasteiger partial charge in [0.2, 0.25) is 5.91 Å². The van der Waals surface area contributed by atoms with Gasteiger partial charge in [-0.3, -0.25) is 14.5 Å². The van der Waals surface area contributed by atoms with E-state index in [-0.39, 0.29) is 25.0 Å². The fourth-order valence-electron chi connectivity index (χ4n) is 3.64. The highest BCUT2D eigenvalue weighted by atomic mass is 16.5. The third kappa shape index (κ3) is 5.77. The van der Waals surface area contributed by atoms with Gasteiger partial charge >= 0.3 is 0 Å². The van der Waals surface area contributed by atoms with Gasteiger partial charge in [0.15, 0.2) is 18.1 Å². The molecule has 2 amide bonds. The van der Waals surface area contributed by atoms with Crippen LogP contribution in [0, 0.1) is 25.2 Å². The number of rotatable bonds is 7. The number of amides is 2. The first-order chi connectivity index (χ1) is 15.4. The highest BCUT2D eigenvalue weighted by molar-refractivity contribution is 5.93. The van der Waals surface area contributed by atoms with Crippen LogP contribution in [0.1, 0.15) is 16.7 Å². The average Bonchev–Trinajstić information content (AvgIpc) is 2.80. The number of nitrogens with one attached hydrogen (secondary N) is 1. The van der Waals surface area contributed by atoms with Crippen molar-refractivity contribution in [2.24, 2.45) is 0 Å². The van der Waals surface area contributed by atoms with Gasteiger partial charge in [0.05, 0.1) is 25.3 Å². The summed E-state index contributed by atoms with van der Waals surface area (Å²) in [6, 6.07) is 12.8.